The third-order valence-corrected chi connectivity index (χ3v) is 3.36. The molecular weight excluding hydrogens is 248 g/mol. The summed E-state index contributed by atoms with van der Waals surface area (Å²) in [7, 11) is 5.72. The Labute approximate surface area is 111 Å². The highest BCUT2D eigenvalue weighted by atomic mass is 16.6. The van der Waals surface area contributed by atoms with E-state index in [1.54, 1.807) is 7.05 Å². The smallest absolute Gasteiger partial charge is 0.329 e. The maximum absolute atomic E-state index is 11.1. The van der Waals surface area contributed by atoms with Crippen LogP contribution in [0.3, 0.4) is 0 Å². The first-order valence-corrected chi connectivity index (χ1v) is 6.13. The van der Waals surface area contributed by atoms with E-state index in [0.717, 1.165) is 19.5 Å². The number of rotatable bonds is 4. The molecule has 1 unspecified atom stereocenters. The molecule has 1 aromatic rings. The molecule has 8 heteroatoms. The highest BCUT2D eigenvalue weighted by Gasteiger charge is 2.30. The van der Waals surface area contributed by atoms with Crippen LogP contribution >= 0.6 is 0 Å². The van der Waals surface area contributed by atoms with Gasteiger partial charge in [0.05, 0.1) is 4.92 Å². The SMILES string of the molecule is CNc1ncc([N+](=O)[O-])c(N2CCC(N(C)C)C2)n1. The van der Waals surface area contributed by atoms with Gasteiger partial charge in [-0.25, -0.2) is 4.98 Å². The average molecular weight is 266 g/mol. The van der Waals surface area contributed by atoms with Gasteiger partial charge in [-0.05, 0) is 20.5 Å². The molecule has 0 amide bonds. The molecule has 1 aliphatic heterocycles. The van der Waals surface area contributed by atoms with E-state index >= 15 is 0 Å². The molecule has 19 heavy (non-hydrogen) atoms. The number of nitro groups is 1. The van der Waals surface area contributed by atoms with Crippen molar-refractivity contribution in [3.05, 3.63) is 16.3 Å². The predicted octanol–water partition coefficient (Wildman–Crippen LogP) is 0.567. The fraction of sp³-hybridized carbons (Fsp3) is 0.636. The van der Waals surface area contributed by atoms with Crippen LogP contribution in [0.1, 0.15) is 6.42 Å². The molecule has 1 fully saturated rings. The molecule has 1 aliphatic rings. The molecule has 0 spiro atoms. The minimum absolute atomic E-state index is 0.0431. The van der Waals surface area contributed by atoms with Crippen molar-refractivity contribution in [1.29, 1.82) is 0 Å². The van der Waals surface area contributed by atoms with Crippen LogP contribution in [-0.2, 0) is 0 Å². The van der Waals surface area contributed by atoms with Crippen molar-refractivity contribution >= 4 is 17.5 Å². The Balaban J connectivity index is 2.30. The van der Waals surface area contributed by atoms with E-state index < -0.39 is 4.92 Å². The molecule has 1 N–H and O–H groups in total. The van der Waals surface area contributed by atoms with Crippen LogP contribution in [0.5, 0.6) is 0 Å². The summed E-state index contributed by atoms with van der Waals surface area (Å²) in [6.45, 7) is 1.51. The highest BCUT2D eigenvalue weighted by Crippen LogP contribution is 2.29. The second-order valence-electron chi connectivity index (χ2n) is 4.76. The summed E-state index contributed by atoms with van der Waals surface area (Å²) in [6, 6.07) is 0.396. The minimum Gasteiger partial charge on any atom is -0.357 e. The topological polar surface area (TPSA) is 87.4 Å². The quantitative estimate of drug-likeness (QED) is 0.629. The van der Waals surface area contributed by atoms with E-state index in [1.165, 1.54) is 6.20 Å². The zero-order valence-corrected chi connectivity index (χ0v) is 11.3. The summed E-state index contributed by atoms with van der Waals surface area (Å²) in [4.78, 5) is 22.8. The first-order valence-electron chi connectivity index (χ1n) is 6.13. The number of anilines is 2. The van der Waals surface area contributed by atoms with Crippen LogP contribution in [-0.4, -0.2) is 60.1 Å². The van der Waals surface area contributed by atoms with E-state index in [9.17, 15) is 10.1 Å². The Morgan fingerprint density at radius 3 is 2.84 bits per heavy atom. The molecule has 2 heterocycles. The summed E-state index contributed by atoms with van der Waals surface area (Å²) in [5.41, 5.74) is -0.0431. The fourth-order valence-electron chi connectivity index (χ4n) is 2.20. The molecule has 2 rings (SSSR count). The molecule has 0 bridgehead atoms. The fourth-order valence-corrected chi connectivity index (χ4v) is 2.20. The van der Waals surface area contributed by atoms with E-state index in [2.05, 4.69) is 20.2 Å². The lowest BCUT2D eigenvalue weighted by Gasteiger charge is -2.21. The first kappa shape index (κ1) is 13.5. The van der Waals surface area contributed by atoms with Crippen LogP contribution in [0.4, 0.5) is 17.5 Å². The van der Waals surface area contributed by atoms with Crippen molar-refractivity contribution in [2.45, 2.75) is 12.5 Å². The number of nitrogens with zero attached hydrogens (tertiary/aromatic N) is 5. The van der Waals surface area contributed by atoms with Crippen LogP contribution < -0.4 is 10.2 Å². The zero-order valence-electron chi connectivity index (χ0n) is 11.3. The second kappa shape index (κ2) is 5.35. The summed E-state index contributed by atoms with van der Waals surface area (Å²) in [5.74, 6) is 0.794. The maximum atomic E-state index is 11.1. The minimum atomic E-state index is -0.433. The highest BCUT2D eigenvalue weighted by molar-refractivity contribution is 5.59. The molecule has 0 radical (unpaired) electrons. The maximum Gasteiger partial charge on any atom is 0.329 e. The third kappa shape index (κ3) is 2.73. The van der Waals surface area contributed by atoms with E-state index in [4.69, 9.17) is 0 Å². The van der Waals surface area contributed by atoms with Crippen LogP contribution in [0.25, 0.3) is 0 Å². The third-order valence-electron chi connectivity index (χ3n) is 3.36. The van der Waals surface area contributed by atoms with Gasteiger partial charge in [-0.3, -0.25) is 10.1 Å². The van der Waals surface area contributed by atoms with Gasteiger partial charge < -0.3 is 15.1 Å². The Morgan fingerprint density at radius 2 is 2.32 bits per heavy atom. The van der Waals surface area contributed by atoms with Gasteiger partial charge in [0, 0.05) is 26.2 Å². The molecule has 1 aromatic heterocycles. The molecule has 104 valence electrons. The van der Waals surface area contributed by atoms with Crippen molar-refractivity contribution < 1.29 is 4.92 Å². The van der Waals surface area contributed by atoms with Crippen LogP contribution in [0.15, 0.2) is 6.20 Å². The number of aromatic nitrogens is 2. The summed E-state index contributed by atoms with van der Waals surface area (Å²) >= 11 is 0. The predicted molar refractivity (Wildman–Crippen MR) is 72.5 cm³/mol. The van der Waals surface area contributed by atoms with E-state index in [0.29, 0.717) is 17.8 Å². The van der Waals surface area contributed by atoms with Crippen molar-refractivity contribution in [3.8, 4) is 0 Å². The summed E-state index contributed by atoms with van der Waals surface area (Å²) in [6.07, 6.45) is 2.24. The number of hydrogen-bond acceptors (Lipinski definition) is 7. The lowest BCUT2D eigenvalue weighted by Crippen LogP contribution is -2.32. The van der Waals surface area contributed by atoms with E-state index in [1.807, 2.05) is 19.0 Å². The van der Waals surface area contributed by atoms with Crippen LogP contribution in [0.2, 0.25) is 0 Å². The monoisotopic (exact) mass is 266 g/mol. The van der Waals surface area contributed by atoms with E-state index in [-0.39, 0.29) is 5.69 Å². The molecule has 1 atom stereocenters. The van der Waals surface area contributed by atoms with Gasteiger partial charge in [0.1, 0.15) is 6.20 Å². The zero-order chi connectivity index (χ0) is 14.0. The van der Waals surface area contributed by atoms with Crippen molar-refractivity contribution in [2.75, 3.05) is 44.4 Å². The van der Waals surface area contributed by atoms with Crippen molar-refractivity contribution in [2.24, 2.45) is 0 Å². The molecule has 0 aliphatic carbocycles. The molecule has 0 aromatic carbocycles. The Kier molecular flexibility index (Phi) is 3.79. The number of likely N-dealkylation sites (N-methyl/N-ethyl adjacent to an activating group) is 1. The molecule has 0 saturated carbocycles. The Bertz CT molecular complexity index is 478. The largest absolute Gasteiger partial charge is 0.357 e. The van der Waals surface area contributed by atoms with Gasteiger partial charge in [-0.1, -0.05) is 0 Å². The summed E-state index contributed by atoms with van der Waals surface area (Å²) < 4.78 is 0. The summed E-state index contributed by atoms with van der Waals surface area (Å²) in [5, 5.41) is 13.9. The Hall–Kier alpha value is -1.96. The van der Waals surface area contributed by atoms with Gasteiger partial charge in [0.2, 0.25) is 11.8 Å². The number of nitrogens with one attached hydrogen (secondary N) is 1. The molecule has 1 saturated heterocycles. The van der Waals surface area contributed by atoms with Crippen molar-refractivity contribution in [1.82, 2.24) is 14.9 Å². The normalized spacial score (nSPS) is 18.9. The van der Waals surface area contributed by atoms with Crippen LogP contribution in [0, 0.1) is 10.1 Å². The lowest BCUT2D eigenvalue weighted by atomic mass is 10.2. The van der Waals surface area contributed by atoms with Crippen molar-refractivity contribution in [3.63, 3.8) is 0 Å². The number of hydrogen-bond donors (Lipinski definition) is 1. The molecule has 8 nitrogen and oxygen atoms in total. The van der Waals surface area contributed by atoms with Gasteiger partial charge in [0.15, 0.2) is 0 Å². The first-order chi connectivity index (χ1) is 9.02. The average Bonchev–Trinajstić information content (AvgIpc) is 2.87. The van der Waals surface area contributed by atoms with Gasteiger partial charge in [0.25, 0.3) is 0 Å². The standard InChI is InChI=1S/C11H18N6O2/c1-12-11-13-6-9(17(18)19)10(14-11)16-5-4-8(7-16)15(2)3/h6,8H,4-5,7H2,1-3H3,(H,12,13,14). The van der Waals surface area contributed by atoms with Gasteiger partial charge in [-0.2, -0.15) is 4.98 Å². The Morgan fingerprint density at radius 1 is 1.58 bits per heavy atom. The van der Waals surface area contributed by atoms with Gasteiger partial charge >= 0.3 is 5.69 Å². The molecular formula is C11H18N6O2. The lowest BCUT2D eigenvalue weighted by molar-refractivity contribution is -0.384. The second-order valence-corrected chi connectivity index (χ2v) is 4.76. The van der Waals surface area contributed by atoms with Gasteiger partial charge in [-0.15, -0.1) is 0 Å².